The summed E-state index contributed by atoms with van der Waals surface area (Å²) in [6, 6.07) is 3.84. The van der Waals surface area contributed by atoms with E-state index in [0.29, 0.717) is 5.95 Å². The fourth-order valence-electron chi connectivity index (χ4n) is 3.81. The number of nitrogens with zero attached hydrogens (tertiary/aromatic N) is 5. The van der Waals surface area contributed by atoms with Gasteiger partial charge < -0.3 is 15.1 Å². The van der Waals surface area contributed by atoms with Crippen molar-refractivity contribution in [3.8, 4) is 0 Å². The van der Waals surface area contributed by atoms with Crippen molar-refractivity contribution in [3.63, 3.8) is 0 Å². The van der Waals surface area contributed by atoms with Crippen molar-refractivity contribution in [3.05, 3.63) is 35.8 Å². The van der Waals surface area contributed by atoms with Crippen LogP contribution in [-0.2, 0) is 21.3 Å². The van der Waals surface area contributed by atoms with Gasteiger partial charge in [0.25, 0.3) is 0 Å². The lowest BCUT2D eigenvalue weighted by Gasteiger charge is -2.37. The van der Waals surface area contributed by atoms with Crippen LogP contribution in [0.25, 0.3) is 0 Å². The second-order valence-corrected chi connectivity index (χ2v) is 10.8. The predicted octanol–water partition coefficient (Wildman–Crippen LogP) is 1.79. The summed E-state index contributed by atoms with van der Waals surface area (Å²) in [5.41, 5.74) is 3.47. The molecule has 8 nitrogen and oxygen atoms in total. The average Bonchev–Trinajstić information content (AvgIpc) is 3.15. The van der Waals surface area contributed by atoms with Gasteiger partial charge in [-0.3, -0.25) is 4.98 Å². The second-order valence-electron chi connectivity index (χ2n) is 7.61. The van der Waals surface area contributed by atoms with E-state index < -0.39 is 9.84 Å². The average molecular weight is 435 g/mol. The SMILES string of the molecule is C[C@@H](CS(C)(=O)=O)Nc1nc2c(c(N3CCN(c4ccncc4)CC3)n1)CSC2. The highest BCUT2D eigenvalue weighted by Gasteiger charge is 2.26. The molecule has 1 fully saturated rings. The van der Waals surface area contributed by atoms with Crippen molar-refractivity contribution >= 4 is 39.1 Å². The first kappa shape index (κ1) is 20.2. The topological polar surface area (TPSA) is 91.3 Å². The molecule has 2 aliphatic heterocycles. The summed E-state index contributed by atoms with van der Waals surface area (Å²) in [6.07, 6.45) is 4.90. The number of anilines is 3. The Bertz CT molecular complexity index is 962. The third-order valence-electron chi connectivity index (χ3n) is 5.09. The third-order valence-corrected chi connectivity index (χ3v) is 7.17. The number of rotatable bonds is 6. The highest BCUT2D eigenvalue weighted by molar-refractivity contribution is 7.98. The van der Waals surface area contributed by atoms with Gasteiger partial charge in [0.05, 0.1) is 11.4 Å². The number of hydrogen-bond donors (Lipinski definition) is 1. The Hall–Kier alpha value is -2.07. The summed E-state index contributed by atoms with van der Waals surface area (Å²) < 4.78 is 23.2. The Morgan fingerprint density at radius 2 is 1.79 bits per heavy atom. The van der Waals surface area contributed by atoms with Crippen LogP contribution in [0, 0.1) is 0 Å². The summed E-state index contributed by atoms with van der Waals surface area (Å²) in [7, 11) is -3.06. The third kappa shape index (κ3) is 4.92. The molecule has 1 saturated heterocycles. The summed E-state index contributed by atoms with van der Waals surface area (Å²) in [5.74, 6) is 3.37. The van der Waals surface area contributed by atoms with Crippen molar-refractivity contribution in [1.82, 2.24) is 15.0 Å². The summed E-state index contributed by atoms with van der Waals surface area (Å²) in [6.45, 7) is 5.45. The van der Waals surface area contributed by atoms with Crippen LogP contribution in [0.2, 0.25) is 0 Å². The van der Waals surface area contributed by atoms with Gasteiger partial charge >= 0.3 is 0 Å². The summed E-state index contributed by atoms with van der Waals surface area (Å²) in [5, 5.41) is 3.19. The number of piperazine rings is 1. The zero-order chi connectivity index (χ0) is 20.4. The summed E-state index contributed by atoms with van der Waals surface area (Å²) in [4.78, 5) is 18.3. The molecule has 0 bridgehead atoms. The molecular weight excluding hydrogens is 408 g/mol. The Kier molecular flexibility index (Phi) is 5.82. The van der Waals surface area contributed by atoms with Gasteiger partial charge in [0, 0.05) is 73.6 Å². The van der Waals surface area contributed by atoms with Crippen LogP contribution in [0.3, 0.4) is 0 Å². The van der Waals surface area contributed by atoms with Crippen LogP contribution < -0.4 is 15.1 Å². The maximum atomic E-state index is 11.6. The lowest BCUT2D eigenvalue weighted by atomic mass is 10.2. The maximum absolute atomic E-state index is 11.6. The fraction of sp³-hybridized carbons (Fsp3) is 0.526. The lowest BCUT2D eigenvalue weighted by Crippen LogP contribution is -2.47. The minimum absolute atomic E-state index is 0.0577. The molecule has 0 radical (unpaired) electrons. The van der Waals surface area contributed by atoms with E-state index in [4.69, 9.17) is 4.98 Å². The van der Waals surface area contributed by atoms with Gasteiger partial charge in [0.15, 0.2) is 0 Å². The van der Waals surface area contributed by atoms with Crippen LogP contribution in [-0.4, -0.2) is 67.6 Å². The molecule has 1 N–H and O–H groups in total. The van der Waals surface area contributed by atoms with Crippen molar-refractivity contribution in [2.75, 3.05) is 53.3 Å². The van der Waals surface area contributed by atoms with Gasteiger partial charge in [0.1, 0.15) is 15.7 Å². The van der Waals surface area contributed by atoms with Crippen LogP contribution >= 0.6 is 11.8 Å². The number of nitrogens with one attached hydrogen (secondary N) is 1. The van der Waals surface area contributed by atoms with Crippen molar-refractivity contribution in [2.45, 2.75) is 24.5 Å². The minimum atomic E-state index is -3.06. The Morgan fingerprint density at radius 3 is 2.48 bits per heavy atom. The highest BCUT2D eigenvalue weighted by Crippen LogP contribution is 2.36. The normalized spacial score (nSPS) is 17.9. The molecule has 1 atom stereocenters. The van der Waals surface area contributed by atoms with Gasteiger partial charge in [-0.1, -0.05) is 0 Å². The van der Waals surface area contributed by atoms with Crippen molar-refractivity contribution < 1.29 is 8.42 Å². The van der Waals surface area contributed by atoms with E-state index >= 15 is 0 Å². The number of pyridine rings is 1. The molecule has 2 aromatic rings. The van der Waals surface area contributed by atoms with Crippen LogP contribution in [0.15, 0.2) is 24.5 Å². The molecule has 4 heterocycles. The van der Waals surface area contributed by atoms with Crippen LogP contribution in [0.1, 0.15) is 18.2 Å². The first-order chi connectivity index (χ1) is 13.9. The molecule has 29 heavy (non-hydrogen) atoms. The zero-order valence-electron chi connectivity index (χ0n) is 16.7. The molecular formula is C19H26N6O2S2. The number of sulfone groups is 1. The molecule has 0 amide bonds. The largest absolute Gasteiger partial charge is 0.368 e. The Balaban J connectivity index is 1.51. The van der Waals surface area contributed by atoms with Gasteiger partial charge in [-0.2, -0.15) is 16.7 Å². The Labute approximate surface area is 176 Å². The van der Waals surface area contributed by atoms with E-state index in [1.54, 1.807) is 0 Å². The van der Waals surface area contributed by atoms with E-state index in [1.165, 1.54) is 17.5 Å². The molecule has 0 aromatic carbocycles. The fourth-order valence-corrected chi connectivity index (χ4v) is 5.83. The Morgan fingerprint density at radius 1 is 1.10 bits per heavy atom. The van der Waals surface area contributed by atoms with Gasteiger partial charge in [-0.25, -0.2) is 13.4 Å². The smallest absolute Gasteiger partial charge is 0.225 e. The standard InChI is InChI=1S/C19H26N6O2S2/c1-14(13-29(2,26)27)21-19-22-17-12-28-11-16(17)18(23-19)25-9-7-24(8-10-25)15-3-5-20-6-4-15/h3-6,14H,7-13H2,1-2H3,(H,21,22,23)/t14-/m0/s1. The van der Waals surface area contributed by atoms with Gasteiger partial charge in [-0.05, 0) is 19.1 Å². The van der Waals surface area contributed by atoms with E-state index in [-0.39, 0.29) is 11.8 Å². The molecule has 2 aliphatic rings. The minimum Gasteiger partial charge on any atom is -0.368 e. The van der Waals surface area contributed by atoms with E-state index in [2.05, 4.69) is 25.1 Å². The number of fused-ring (bicyclic) bond motifs is 1. The quantitative estimate of drug-likeness (QED) is 0.730. The number of hydrogen-bond acceptors (Lipinski definition) is 9. The van der Waals surface area contributed by atoms with E-state index in [0.717, 1.165) is 49.2 Å². The zero-order valence-corrected chi connectivity index (χ0v) is 18.3. The van der Waals surface area contributed by atoms with Crippen molar-refractivity contribution in [2.24, 2.45) is 0 Å². The molecule has 156 valence electrons. The first-order valence-corrected chi connectivity index (χ1v) is 12.9. The lowest BCUT2D eigenvalue weighted by molar-refractivity contribution is 0.597. The molecule has 0 spiro atoms. The van der Waals surface area contributed by atoms with Gasteiger partial charge in [-0.15, -0.1) is 0 Å². The number of thioether (sulfide) groups is 1. The number of aromatic nitrogens is 3. The second kappa shape index (κ2) is 8.35. The van der Waals surface area contributed by atoms with E-state index in [1.807, 2.05) is 43.2 Å². The molecule has 0 saturated carbocycles. The van der Waals surface area contributed by atoms with Crippen molar-refractivity contribution in [1.29, 1.82) is 0 Å². The molecule has 10 heteroatoms. The first-order valence-electron chi connectivity index (χ1n) is 9.71. The molecule has 0 unspecified atom stereocenters. The van der Waals surface area contributed by atoms with Crippen LogP contribution in [0.4, 0.5) is 17.5 Å². The maximum Gasteiger partial charge on any atom is 0.225 e. The highest BCUT2D eigenvalue weighted by atomic mass is 32.2. The van der Waals surface area contributed by atoms with Crippen LogP contribution in [0.5, 0.6) is 0 Å². The molecule has 0 aliphatic carbocycles. The molecule has 2 aromatic heterocycles. The summed E-state index contributed by atoms with van der Waals surface area (Å²) >= 11 is 1.85. The molecule has 4 rings (SSSR count). The van der Waals surface area contributed by atoms with Gasteiger partial charge in [0.2, 0.25) is 5.95 Å². The monoisotopic (exact) mass is 434 g/mol. The van der Waals surface area contributed by atoms with E-state index in [9.17, 15) is 8.42 Å². The predicted molar refractivity (Wildman–Crippen MR) is 118 cm³/mol.